The van der Waals surface area contributed by atoms with Crippen LogP contribution in [0.1, 0.15) is 28.7 Å². The average molecular weight is 290 g/mol. The van der Waals surface area contributed by atoms with Crippen LogP contribution in [0, 0.1) is 6.92 Å². The number of hydrogen-bond acceptors (Lipinski definition) is 4. The Morgan fingerprint density at radius 2 is 1.77 bits per heavy atom. The van der Waals surface area contributed by atoms with Gasteiger partial charge in [-0.3, -0.25) is 9.98 Å². The van der Waals surface area contributed by atoms with Gasteiger partial charge in [0.05, 0.1) is 12.1 Å². The normalized spacial score (nSPS) is 26.2. The molecule has 3 heterocycles. The molecule has 110 valence electrons. The number of nitrogens with one attached hydrogen (secondary N) is 1. The summed E-state index contributed by atoms with van der Waals surface area (Å²) in [5.74, 6) is 0.305. The van der Waals surface area contributed by atoms with Crippen molar-refractivity contribution >= 4 is 6.21 Å². The second-order valence-corrected chi connectivity index (χ2v) is 5.82. The number of fused-ring (bicyclic) bond motifs is 1. The lowest BCUT2D eigenvalue weighted by Crippen LogP contribution is -2.35. The molecule has 1 aromatic heterocycles. The Balaban J connectivity index is 1.77. The Labute approximate surface area is 130 Å². The molecule has 0 saturated carbocycles. The number of pyridine rings is 1. The number of aliphatic imine (C=N–C) groups is 1. The molecule has 1 N–H and O–H groups in total. The van der Waals surface area contributed by atoms with Crippen LogP contribution < -0.4 is 5.43 Å². The summed E-state index contributed by atoms with van der Waals surface area (Å²) in [5, 5.41) is 2.16. The fraction of sp³-hybridized carbons (Fsp3) is 0.222. The molecule has 1 aromatic carbocycles. The molecule has 2 aliphatic rings. The first kappa shape index (κ1) is 13.2. The molecule has 3 atom stereocenters. The Bertz CT molecular complexity index is 706. The maximum absolute atomic E-state index is 4.33. The summed E-state index contributed by atoms with van der Waals surface area (Å²) in [6.45, 7) is 2.12. The lowest BCUT2D eigenvalue weighted by Gasteiger charge is -2.24. The summed E-state index contributed by atoms with van der Waals surface area (Å²) in [7, 11) is 0. The second-order valence-electron chi connectivity index (χ2n) is 5.82. The fourth-order valence-corrected chi connectivity index (χ4v) is 3.28. The maximum Gasteiger partial charge on any atom is 0.0887 e. The van der Waals surface area contributed by atoms with Gasteiger partial charge in [-0.05, 0) is 30.2 Å². The minimum atomic E-state index is 0.221. The summed E-state index contributed by atoms with van der Waals surface area (Å²) in [6.07, 6.45) is 9.57. The highest BCUT2D eigenvalue weighted by atomic mass is 15.6. The monoisotopic (exact) mass is 290 g/mol. The molecule has 4 rings (SSSR count). The molecule has 0 bridgehead atoms. The Morgan fingerprint density at radius 3 is 2.55 bits per heavy atom. The molecule has 0 spiro atoms. The van der Waals surface area contributed by atoms with Gasteiger partial charge in [0.15, 0.2) is 0 Å². The maximum atomic E-state index is 4.33. The highest BCUT2D eigenvalue weighted by Crippen LogP contribution is 2.41. The molecule has 0 amide bonds. The minimum Gasteiger partial charge on any atom is -0.304 e. The van der Waals surface area contributed by atoms with Gasteiger partial charge >= 0.3 is 0 Å². The van der Waals surface area contributed by atoms with E-state index in [-0.39, 0.29) is 12.1 Å². The van der Waals surface area contributed by atoms with Crippen molar-refractivity contribution in [3.8, 4) is 0 Å². The van der Waals surface area contributed by atoms with E-state index < -0.39 is 0 Å². The van der Waals surface area contributed by atoms with Crippen LogP contribution in [-0.4, -0.2) is 22.2 Å². The Hall–Kier alpha value is -2.46. The van der Waals surface area contributed by atoms with E-state index in [1.165, 1.54) is 16.7 Å². The van der Waals surface area contributed by atoms with Crippen molar-refractivity contribution < 1.29 is 0 Å². The summed E-state index contributed by atoms with van der Waals surface area (Å²) < 4.78 is 0. The van der Waals surface area contributed by atoms with Gasteiger partial charge in [-0.15, -0.1) is 0 Å². The molecule has 4 nitrogen and oxygen atoms in total. The number of hydrazine groups is 1. The van der Waals surface area contributed by atoms with E-state index in [1.54, 1.807) is 0 Å². The lowest BCUT2D eigenvalue weighted by molar-refractivity contribution is 0.302. The number of hydrogen-bond donors (Lipinski definition) is 1. The molecule has 1 fully saturated rings. The highest BCUT2D eigenvalue weighted by Gasteiger charge is 2.41. The van der Waals surface area contributed by atoms with Crippen LogP contribution in [0.15, 0.2) is 66.2 Å². The predicted molar refractivity (Wildman–Crippen MR) is 87.3 cm³/mol. The number of rotatable bonds is 2. The smallest absolute Gasteiger partial charge is 0.0887 e. The molecule has 22 heavy (non-hydrogen) atoms. The quantitative estimate of drug-likeness (QED) is 0.924. The second kappa shape index (κ2) is 5.39. The Kier molecular flexibility index (Phi) is 3.24. The topological polar surface area (TPSA) is 40.5 Å². The number of nitrogens with zero attached hydrogens (tertiary/aromatic N) is 3. The molecule has 2 aromatic rings. The summed E-state index contributed by atoms with van der Waals surface area (Å²) in [5.41, 5.74) is 7.47. The SMILES string of the molecule is Cc1ccc(C2NN3C=CN=CC3C2c2ccncc2)cc1. The zero-order valence-corrected chi connectivity index (χ0v) is 12.4. The molecular formula is C18H18N4. The van der Waals surface area contributed by atoms with E-state index >= 15 is 0 Å². The van der Waals surface area contributed by atoms with Crippen LogP contribution in [-0.2, 0) is 0 Å². The van der Waals surface area contributed by atoms with Crippen molar-refractivity contribution in [3.63, 3.8) is 0 Å². The van der Waals surface area contributed by atoms with E-state index in [0.29, 0.717) is 5.92 Å². The van der Waals surface area contributed by atoms with Gasteiger partial charge in [-0.25, -0.2) is 5.43 Å². The van der Waals surface area contributed by atoms with Crippen molar-refractivity contribution in [1.82, 2.24) is 15.4 Å². The van der Waals surface area contributed by atoms with Crippen molar-refractivity contribution in [1.29, 1.82) is 0 Å². The van der Waals surface area contributed by atoms with Crippen molar-refractivity contribution in [3.05, 3.63) is 77.9 Å². The third-order valence-electron chi connectivity index (χ3n) is 4.42. The lowest BCUT2D eigenvalue weighted by atomic mass is 9.84. The van der Waals surface area contributed by atoms with Gasteiger partial charge in [-0.2, -0.15) is 0 Å². The Morgan fingerprint density at radius 1 is 1.00 bits per heavy atom. The van der Waals surface area contributed by atoms with Gasteiger partial charge in [0.1, 0.15) is 0 Å². The largest absolute Gasteiger partial charge is 0.304 e. The van der Waals surface area contributed by atoms with Crippen LogP contribution in [0.4, 0.5) is 0 Å². The third kappa shape index (κ3) is 2.22. The molecule has 0 aliphatic carbocycles. The van der Waals surface area contributed by atoms with Crippen molar-refractivity contribution in [2.24, 2.45) is 4.99 Å². The fourth-order valence-electron chi connectivity index (χ4n) is 3.28. The summed E-state index contributed by atoms with van der Waals surface area (Å²) in [6, 6.07) is 13.4. The number of aryl methyl sites for hydroxylation is 1. The van der Waals surface area contributed by atoms with Gasteiger partial charge in [0.2, 0.25) is 0 Å². The van der Waals surface area contributed by atoms with Gasteiger partial charge < -0.3 is 5.01 Å². The zero-order chi connectivity index (χ0) is 14.9. The summed E-state index contributed by atoms with van der Waals surface area (Å²) in [4.78, 5) is 8.48. The molecule has 1 saturated heterocycles. The van der Waals surface area contributed by atoms with Crippen LogP contribution in [0.2, 0.25) is 0 Å². The molecule has 2 aliphatic heterocycles. The minimum absolute atomic E-state index is 0.221. The third-order valence-corrected chi connectivity index (χ3v) is 4.42. The van der Waals surface area contributed by atoms with Crippen molar-refractivity contribution in [2.75, 3.05) is 0 Å². The summed E-state index contributed by atoms with van der Waals surface area (Å²) >= 11 is 0. The van der Waals surface area contributed by atoms with E-state index in [0.717, 1.165) is 0 Å². The van der Waals surface area contributed by atoms with E-state index in [2.05, 4.69) is 63.7 Å². The van der Waals surface area contributed by atoms with Gasteiger partial charge in [-0.1, -0.05) is 29.8 Å². The van der Waals surface area contributed by atoms with E-state index in [1.807, 2.05) is 31.0 Å². The zero-order valence-electron chi connectivity index (χ0n) is 12.4. The molecule has 3 unspecified atom stereocenters. The molecule has 0 radical (unpaired) electrons. The first-order valence-corrected chi connectivity index (χ1v) is 7.54. The number of benzene rings is 1. The highest BCUT2D eigenvalue weighted by molar-refractivity contribution is 5.69. The van der Waals surface area contributed by atoms with Crippen LogP contribution in [0.3, 0.4) is 0 Å². The van der Waals surface area contributed by atoms with E-state index in [9.17, 15) is 0 Å². The molecular weight excluding hydrogens is 272 g/mol. The molecule has 4 heteroatoms. The first-order chi connectivity index (χ1) is 10.8. The van der Waals surface area contributed by atoms with Crippen LogP contribution in [0.25, 0.3) is 0 Å². The van der Waals surface area contributed by atoms with Crippen LogP contribution >= 0.6 is 0 Å². The number of aromatic nitrogens is 1. The first-order valence-electron chi connectivity index (χ1n) is 7.54. The average Bonchev–Trinajstić information content (AvgIpc) is 2.96. The predicted octanol–water partition coefficient (Wildman–Crippen LogP) is 2.96. The van der Waals surface area contributed by atoms with Gasteiger partial charge in [0, 0.05) is 36.9 Å². The van der Waals surface area contributed by atoms with Gasteiger partial charge in [0.25, 0.3) is 0 Å². The van der Waals surface area contributed by atoms with Crippen molar-refractivity contribution in [2.45, 2.75) is 24.9 Å². The van der Waals surface area contributed by atoms with Crippen LogP contribution in [0.5, 0.6) is 0 Å². The van der Waals surface area contributed by atoms with E-state index in [4.69, 9.17) is 0 Å². The standard InChI is InChI=1S/C18H18N4/c1-13-2-4-15(5-3-13)18-17(14-6-8-19-9-7-14)16-12-20-10-11-22(16)21-18/h2-12,16-18,21H,1H3.